The van der Waals surface area contributed by atoms with E-state index in [1.807, 2.05) is 32.2 Å². The van der Waals surface area contributed by atoms with Crippen LogP contribution in [-0.4, -0.2) is 22.4 Å². The Hall–Kier alpha value is -1.03. The van der Waals surface area contributed by atoms with Crippen LogP contribution in [0.25, 0.3) is 0 Å². The molecule has 1 unspecified atom stereocenters. The average molecular weight is 326 g/mol. The number of hydrogen-bond acceptors (Lipinski definition) is 2. The summed E-state index contributed by atoms with van der Waals surface area (Å²) in [5.41, 5.74) is 3.34. The number of likely N-dealkylation sites (N-methyl/N-ethyl adjacent to an activating group) is 1. The normalized spacial score (nSPS) is 12.6. The summed E-state index contributed by atoms with van der Waals surface area (Å²) in [6.45, 7) is 5.04. The molecule has 1 N–H and O–H groups in total. The Bertz CT molecular complexity index is 608. The van der Waals surface area contributed by atoms with E-state index in [-0.39, 0.29) is 0 Å². The Kier molecular flexibility index (Phi) is 5.68. The van der Waals surface area contributed by atoms with Crippen molar-refractivity contribution in [1.29, 1.82) is 0 Å². The maximum Gasteiger partial charge on any atom is 0.130 e. The number of aromatic nitrogens is 2. The quantitative estimate of drug-likeness (QED) is 0.875. The van der Waals surface area contributed by atoms with Gasteiger partial charge in [0.25, 0.3) is 0 Å². The van der Waals surface area contributed by atoms with Gasteiger partial charge in [0.05, 0.1) is 5.69 Å². The zero-order chi connectivity index (χ0) is 15.4. The van der Waals surface area contributed by atoms with Crippen LogP contribution in [0.4, 0.5) is 0 Å². The molecule has 2 aromatic rings. The van der Waals surface area contributed by atoms with E-state index in [9.17, 15) is 0 Å². The van der Waals surface area contributed by atoms with Crippen LogP contribution in [0.1, 0.15) is 23.7 Å². The molecule has 21 heavy (non-hydrogen) atoms. The highest BCUT2D eigenvalue weighted by atomic mass is 35.5. The topological polar surface area (TPSA) is 29.9 Å². The van der Waals surface area contributed by atoms with Gasteiger partial charge in [-0.1, -0.05) is 42.3 Å². The summed E-state index contributed by atoms with van der Waals surface area (Å²) in [5.74, 6) is 0. The van der Waals surface area contributed by atoms with Gasteiger partial charge in [-0.3, -0.25) is 4.68 Å². The van der Waals surface area contributed by atoms with Crippen LogP contribution < -0.4 is 5.32 Å². The van der Waals surface area contributed by atoms with E-state index in [0.29, 0.717) is 6.04 Å². The predicted molar refractivity (Wildman–Crippen MR) is 89.3 cm³/mol. The molecule has 0 aliphatic rings. The first-order chi connectivity index (χ1) is 10.0. The zero-order valence-electron chi connectivity index (χ0n) is 12.7. The second kappa shape index (κ2) is 7.30. The van der Waals surface area contributed by atoms with E-state index >= 15 is 0 Å². The van der Waals surface area contributed by atoms with Gasteiger partial charge >= 0.3 is 0 Å². The Morgan fingerprint density at radius 1 is 1.29 bits per heavy atom. The van der Waals surface area contributed by atoms with Crippen molar-refractivity contribution in [3.8, 4) is 0 Å². The maximum atomic E-state index is 6.34. The van der Waals surface area contributed by atoms with E-state index in [1.54, 1.807) is 4.68 Å². The summed E-state index contributed by atoms with van der Waals surface area (Å²) in [7, 11) is 1.87. The summed E-state index contributed by atoms with van der Waals surface area (Å²) in [6, 6.07) is 8.32. The van der Waals surface area contributed by atoms with Crippen LogP contribution in [0.3, 0.4) is 0 Å². The summed E-state index contributed by atoms with van der Waals surface area (Å²) in [5, 5.41) is 9.40. The predicted octanol–water partition coefficient (Wildman–Crippen LogP) is 3.80. The number of rotatable bonds is 6. The molecule has 0 spiro atoms. The molecule has 3 nitrogen and oxygen atoms in total. The van der Waals surface area contributed by atoms with Gasteiger partial charge in [0.1, 0.15) is 5.15 Å². The molecule has 0 saturated carbocycles. The smallest absolute Gasteiger partial charge is 0.130 e. The average Bonchev–Trinajstić information content (AvgIpc) is 2.66. The monoisotopic (exact) mass is 325 g/mol. The lowest BCUT2D eigenvalue weighted by Gasteiger charge is -2.18. The van der Waals surface area contributed by atoms with Crippen molar-refractivity contribution in [2.45, 2.75) is 32.7 Å². The number of aryl methyl sites for hydroxylation is 2. The molecule has 0 amide bonds. The summed E-state index contributed by atoms with van der Waals surface area (Å²) in [6.07, 6.45) is 1.78. The second-order valence-electron chi connectivity index (χ2n) is 5.27. The first-order valence-corrected chi connectivity index (χ1v) is 7.92. The first-order valence-electron chi connectivity index (χ1n) is 7.17. The Labute approximate surface area is 136 Å². The molecule has 5 heteroatoms. The van der Waals surface area contributed by atoms with Crippen LogP contribution in [-0.2, 0) is 19.9 Å². The van der Waals surface area contributed by atoms with E-state index in [2.05, 4.69) is 23.4 Å². The van der Waals surface area contributed by atoms with Gasteiger partial charge < -0.3 is 5.32 Å². The molecule has 0 aliphatic heterocycles. The zero-order valence-corrected chi connectivity index (χ0v) is 14.2. The van der Waals surface area contributed by atoms with Gasteiger partial charge in [0.15, 0.2) is 0 Å². The van der Waals surface area contributed by atoms with E-state index in [4.69, 9.17) is 23.2 Å². The van der Waals surface area contributed by atoms with Gasteiger partial charge in [-0.2, -0.15) is 5.10 Å². The fourth-order valence-electron chi connectivity index (χ4n) is 2.61. The number of nitrogens with one attached hydrogen (secondary N) is 1. The van der Waals surface area contributed by atoms with Crippen molar-refractivity contribution in [3.05, 3.63) is 51.3 Å². The number of nitrogens with zero attached hydrogens (tertiary/aromatic N) is 2. The van der Waals surface area contributed by atoms with E-state index < -0.39 is 0 Å². The van der Waals surface area contributed by atoms with Crippen molar-refractivity contribution < 1.29 is 0 Å². The molecule has 0 aliphatic carbocycles. The van der Waals surface area contributed by atoms with E-state index in [1.165, 1.54) is 5.56 Å². The first kappa shape index (κ1) is 16.3. The Morgan fingerprint density at radius 2 is 2.05 bits per heavy atom. The molecule has 1 heterocycles. The lowest BCUT2D eigenvalue weighted by molar-refractivity contribution is 0.520. The SMILES string of the molecule is CCNC(Cc1cccc(Cl)c1)Cc1c(C)nn(C)c1Cl. The molecular formula is C16H21Cl2N3. The van der Waals surface area contributed by atoms with Gasteiger partial charge in [-0.05, 0) is 44.0 Å². The molecule has 2 rings (SSSR count). The minimum Gasteiger partial charge on any atom is -0.314 e. The number of benzene rings is 1. The maximum absolute atomic E-state index is 6.34. The standard InChI is InChI=1S/C16H21Cl2N3/c1-4-19-14(9-12-6-5-7-13(17)8-12)10-15-11(2)20-21(3)16(15)18/h5-8,14,19H,4,9-10H2,1-3H3. The molecule has 0 fully saturated rings. The third kappa shape index (κ3) is 4.22. The third-order valence-electron chi connectivity index (χ3n) is 3.58. The molecule has 0 saturated heterocycles. The van der Waals surface area contributed by atoms with Gasteiger partial charge in [-0.15, -0.1) is 0 Å². The summed E-state index contributed by atoms with van der Waals surface area (Å²) in [4.78, 5) is 0. The van der Waals surface area contributed by atoms with Gasteiger partial charge in [0.2, 0.25) is 0 Å². The summed E-state index contributed by atoms with van der Waals surface area (Å²) < 4.78 is 1.73. The highest BCUT2D eigenvalue weighted by Gasteiger charge is 2.17. The largest absolute Gasteiger partial charge is 0.314 e. The molecule has 1 atom stereocenters. The van der Waals surface area contributed by atoms with Gasteiger partial charge in [0, 0.05) is 23.7 Å². The molecular weight excluding hydrogens is 305 g/mol. The third-order valence-corrected chi connectivity index (χ3v) is 4.29. The number of halogens is 2. The van der Waals surface area contributed by atoms with Crippen molar-refractivity contribution in [2.75, 3.05) is 6.54 Å². The molecule has 1 aromatic heterocycles. The minimum atomic E-state index is 0.314. The van der Waals surface area contributed by atoms with E-state index in [0.717, 1.165) is 40.8 Å². The lowest BCUT2D eigenvalue weighted by atomic mass is 9.99. The van der Waals surface area contributed by atoms with Crippen LogP contribution in [0.15, 0.2) is 24.3 Å². The molecule has 0 bridgehead atoms. The fraction of sp³-hybridized carbons (Fsp3) is 0.438. The van der Waals surface area contributed by atoms with Crippen molar-refractivity contribution in [1.82, 2.24) is 15.1 Å². The van der Waals surface area contributed by atoms with Gasteiger partial charge in [-0.25, -0.2) is 0 Å². The van der Waals surface area contributed by atoms with Crippen molar-refractivity contribution in [3.63, 3.8) is 0 Å². The molecule has 114 valence electrons. The van der Waals surface area contributed by atoms with Crippen molar-refractivity contribution >= 4 is 23.2 Å². The van der Waals surface area contributed by atoms with Crippen LogP contribution in [0.2, 0.25) is 10.2 Å². The second-order valence-corrected chi connectivity index (χ2v) is 6.07. The number of hydrogen-bond donors (Lipinski definition) is 1. The highest BCUT2D eigenvalue weighted by molar-refractivity contribution is 6.30. The Balaban J connectivity index is 2.15. The Morgan fingerprint density at radius 3 is 2.62 bits per heavy atom. The van der Waals surface area contributed by atoms with Crippen LogP contribution >= 0.6 is 23.2 Å². The van der Waals surface area contributed by atoms with Crippen molar-refractivity contribution in [2.24, 2.45) is 7.05 Å². The molecule has 0 radical (unpaired) electrons. The molecule has 1 aromatic carbocycles. The summed E-state index contributed by atoms with van der Waals surface area (Å²) >= 11 is 12.4. The fourth-order valence-corrected chi connectivity index (χ4v) is 3.07. The van der Waals surface area contributed by atoms with Crippen LogP contribution in [0, 0.1) is 6.92 Å². The highest BCUT2D eigenvalue weighted by Crippen LogP contribution is 2.22. The lowest BCUT2D eigenvalue weighted by Crippen LogP contribution is -2.33. The minimum absolute atomic E-state index is 0.314. The van der Waals surface area contributed by atoms with Crippen LogP contribution in [0.5, 0.6) is 0 Å².